The van der Waals surface area contributed by atoms with Crippen molar-refractivity contribution in [2.24, 2.45) is 0 Å². The van der Waals surface area contributed by atoms with Crippen LogP contribution in [0.2, 0.25) is 0 Å². The molecule has 2 aromatic rings. The lowest BCUT2D eigenvalue weighted by atomic mass is 10.0. The van der Waals surface area contributed by atoms with Gasteiger partial charge in [0.15, 0.2) is 6.10 Å². The van der Waals surface area contributed by atoms with Crippen LogP contribution in [0.3, 0.4) is 0 Å². The molecule has 0 saturated carbocycles. The number of rotatable bonds is 10. The summed E-state index contributed by atoms with van der Waals surface area (Å²) in [6, 6.07) is 14.0. The van der Waals surface area contributed by atoms with E-state index >= 15 is 0 Å². The van der Waals surface area contributed by atoms with Gasteiger partial charge in [-0.3, -0.25) is 5.32 Å². The normalized spacial score (nSPS) is 12.9. The number of carboxylic acids is 1. The van der Waals surface area contributed by atoms with Gasteiger partial charge < -0.3 is 24.4 Å². The third-order valence-electron chi connectivity index (χ3n) is 4.11. The molecule has 2 rings (SSSR count). The number of aliphatic carboxylic acids is 1. The van der Waals surface area contributed by atoms with E-state index in [1.165, 1.54) is 13.2 Å². The van der Waals surface area contributed by atoms with E-state index in [-0.39, 0.29) is 13.2 Å². The number of aliphatic hydroxyl groups excluding tert-OH is 1. The van der Waals surface area contributed by atoms with Crippen LogP contribution in [-0.4, -0.2) is 48.7 Å². The third kappa shape index (κ3) is 6.91. The molecule has 0 aliphatic carbocycles. The number of nitrogens with one attached hydrogen (secondary N) is 1. The van der Waals surface area contributed by atoms with E-state index in [1.807, 2.05) is 19.1 Å². The van der Waals surface area contributed by atoms with Crippen molar-refractivity contribution in [2.45, 2.75) is 19.1 Å². The minimum Gasteiger partial charge on any atom is -0.491 e. The van der Waals surface area contributed by atoms with Crippen molar-refractivity contribution in [3.63, 3.8) is 0 Å². The highest BCUT2D eigenvalue weighted by Crippen LogP contribution is 2.32. The van der Waals surface area contributed by atoms with Gasteiger partial charge in [-0.05, 0) is 31.2 Å². The Morgan fingerprint density at radius 3 is 2.47 bits per heavy atom. The molecule has 0 heterocycles. The quantitative estimate of drug-likeness (QED) is 0.510. The first-order valence-electron chi connectivity index (χ1n) is 9.25. The van der Waals surface area contributed by atoms with E-state index in [4.69, 9.17) is 24.4 Å². The molecule has 3 N–H and O–H groups in total. The smallest absolute Gasteiger partial charge is 0.412 e. The number of aliphatic hydroxyl groups is 1. The van der Waals surface area contributed by atoms with Gasteiger partial charge in [0.25, 0.3) is 0 Å². The van der Waals surface area contributed by atoms with Crippen molar-refractivity contribution in [1.82, 2.24) is 0 Å². The predicted octanol–water partition coefficient (Wildman–Crippen LogP) is 3.31. The Labute approximate surface area is 174 Å². The molecule has 0 spiro atoms. The molecule has 30 heavy (non-hydrogen) atoms. The summed E-state index contributed by atoms with van der Waals surface area (Å²) >= 11 is 0. The minimum absolute atomic E-state index is 0.0436. The fourth-order valence-electron chi connectivity index (χ4n) is 2.69. The second-order valence-electron chi connectivity index (χ2n) is 6.32. The number of benzene rings is 2. The van der Waals surface area contributed by atoms with Crippen LogP contribution in [0.4, 0.5) is 10.5 Å². The summed E-state index contributed by atoms with van der Waals surface area (Å²) in [6.45, 7) is 1.78. The monoisotopic (exact) mass is 415 g/mol. The number of amides is 1. The average Bonchev–Trinajstić information content (AvgIpc) is 2.73. The topological polar surface area (TPSA) is 114 Å². The lowest BCUT2D eigenvalue weighted by Gasteiger charge is -2.26. The van der Waals surface area contributed by atoms with Crippen LogP contribution in [0.1, 0.15) is 17.2 Å². The maximum Gasteiger partial charge on any atom is 0.412 e. The number of carboxylic acid groups (broad SMARTS) is 1. The van der Waals surface area contributed by atoms with Gasteiger partial charge in [0.1, 0.15) is 18.5 Å². The third-order valence-corrected chi connectivity index (χ3v) is 4.11. The zero-order valence-corrected chi connectivity index (χ0v) is 16.8. The summed E-state index contributed by atoms with van der Waals surface area (Å²) in [4.78, 5) is 23.5. The van der Waals surface area contributed by atoms with E-state index in [0.29, 0.717) is 17.0 Å². The first-order chi connectivity index (χ1) is 14.4. The lowest BCUT2D eigenvalue weighted by molar-refractivity contribution is -0.131. The molecule has 2 aromatic carbocycles. The summed E-state index contributed by atoms with van der Waals surface area (Å²) in [7, 11) is 1.38. The first-order valence-corrected chi connectivity index (χ1v) is 9.25. The highest BCUT2D eigenvalue weighted by molar-refractivity contribution is 5.85. The second kappa shape index (κ2) is 11.6. The van der Waals surface area contributed by atoms with Crippen molar-refractivity contribution in [3.8, 4) is 5.75 Å². The van der Waals surface area contributed by atoms with E-state index in [1.54, 1.807) is 36.4 Å². The maximum absolute atomic E-state index is 12.6. The average molecular weight is 415 g/mol. The van der Waals surface area contributed by atoms with Crippen LogP contribution in [0.25, 0.3) is 0 Å². The Hall–Kier alpha value is -3.36. The molecule has 0 aliphatic heterocycles. The summed E-state index contributed by atoms with van der Waals surface area (Å²) < 4.78 is 16.5. The van der Waals surface area contributed by atoms with Gasteiger partial charge in [0.05, 0.1) is 6.61 Å². The number of carbonyl (C=O) groups excluding carboxylic acids is 1. The standard InChI is InChI=1S/C22H25NO7/c1-15-7-9-16(10-8-15)23-22(27)30-21(19(28-2)11-12-20(25)26)17-5-3-4-6-18(17)29-14-13-24/h3-12,19,21,24H,13-14H2,1-2H3,(H,23,27)(H,25,26)/b12-11+/t19-,21-/m1/s1. The molecular formula is C22H25NO7. The van der Waals surface area contributed by atoms with Gasteiger partial charge in [-0.15, -0.1) is 0 Å². The zero-order chi connectivity index (χ0) is 21.9. The van der Waals surface area contributed by atoms with Crippen LogP contribution in [0, 0.1) is 6.92 Å². The molecule has 0 aliphatic rings. The lowest BCUT2D eigenvalue weighted by Crippen LogP contribution is -2.27. The van der Waals surface area contributed by atoms with E-state index in [0.717, 1.165) is 11.6 Å². The molecular weight excluding hydrogens is 390 g/mol. The van der Waals surface area contributed by atoms with Crippen LogP contribution in [-0.2, 0) is 14.3 Å². The predicted molar refractivity (Wildman–Crippen MR) is 111 cm³/mol. The number of hydrogen-bond acceptors (Lipinski definition) is 6. The summed E-state index contributed by atoms with van der Waals surface area (Å²) in [5.74, 6) is -0.782. The Bertz CT molecular complexity index is 864. The van der Waals surface area contributed by atoms with Crippen molar-refractivity contribution in [1.29, 1.82) is 0 Å². The zero-order valence-electron chi connectivity index (χ0n) is 16.8. The Kier molecular flexibility index (Phi) is 8.86. The van der Waals surface area contributed by atoms with Gasteiger partial charge in [-0.25, -0.2) is 9.59 Å². The Morgan fingerprint density at radius 1 is 1.13 bits per heavy atom. The van der Waals surface area contributed by atoms with Gasteiger partial charge in [-0.2, -0.15) is 0 Å². The molecule has 2 atom stereocenters. The maximum atomic E-state index is 12.6. The molecule has 0 bridgehead atoms. The first kappa shape index (κ1) is 22.9. The Morgan fingerprint density at radius 2 is 1.83 bits per heavy atom. The molecule has 160 valence electrons. The SMILES string of the molecule is CO[C@H](/C=C/C(=O)O)[C@H](OC(=O)Nc1ccc(C)cc1)c1ccccc1OCCO. The molecule has 0 radical (unpaired) electrons. The number of para-hydroxylation sites is 1. The Balaban J connectivity index is 2.32. The molecule has 1 amide bonds. The summed E-state index contributed by atoms with van der Waals surface area (Å²) in [6.07, 6.45) is -0.449. The van der Waals surface area contributed by atoms with Crippen LogP contribution < -0.4 is 10.1 Å². The van der Waals surface area contributed by atoms with Gasteiger partial charge in [0.2, 0.25) is 0 Å². The molecule has 0 fully saturated rings. The minimum atomic E-state index is -1.16. The van der Waals surface area contributed by atoms with Gasteiger partial charge in [-0.1, -0.05) is 35.9 Å². The number of hydrogen-bond donors (Lipinski definition) is 3. The molecule has 0 saturated heterocycles. The van der Waals surface area contributed by atoms with Gasteiger partial charge >= 0.3 is 12.1 Å². The largest absolute Gasteiger partial charge is 0.491 e. The number of aryl methyl sites for hydroxylation is 1. The van der Waals surface area contributed by atoms with E-state index in [9.17, 15) is 9.59 Å². The highest BCUT2D eigenvalue weighted by atomic mass is 16.6. The van der Waals surface area contributed by atoms with Crippen molar-refractivity contribution in [2.75, 3.05) is 25.6 Å². The fourth-order valence-corrected chi connectivity index (χ4v) is 2.69. The number of ether oxygens (including phenoxy) is 3. The van der Waals surface area contributed by atoms with Crippen molar-refractivity contribution < 1.29 is 34.0 Å². The van der Waals surface area contributed by atoms with E-state index in [2.05, 4.69) is 5.32 Å². The van der Waals surface area contributed by atoms with Gasteiger partial charge in [0, 0.05) is 24.4 Å². The molecule has 8 heteroatoms. The summed E-state index contributed by atoms with van der Waals surface area (Å²) in [5, 5.41) is 20.7. The summed E-state index contributed by atoms with van der Waals surface area (Å²) in [5.41, 5.74) is 2.05. The number of methoxy groups -OCH3 is 1. The van der Waals surface area contributed by atoms with Crippen LogP contribution >= 0.6 is 0 Å². The second-order valence-corrected chi connectivity index (χ2v) is 6.32. The molecule has 0 unspecified atom stereocenters. The molecule has 0 aromatic heterocycles. The van der Waals surface area contributed by atoms with Crippen LogP contribution in [0.5, 0.6) is 5.75 Å². The highest BCUT2D eigenvalue weighted by Gasteiger charge is 2.28. The van der Waals surface area contributed by atoms with Crippen molar-refractivity contribution in [3.05, 3.63) is 71.8 Å². The number of anilines is 1. The molecule has 8 nitrogen and oxygen atoms in total. The fraction of sp³-hybridized carbons (Fsp3) is 0.273. The van der Waals surface area contributed by atoms with E-state index < -0.39 is 24.3 Å². The van der Waals surface area contributed by atoms with Crippen LogP contribution in [0.15, 0.2) is 60.7 Å². The number of carbonyl (C=O) groups is 2. The van der Waals surface area contributed by atoms with Crippen molar-refractivity contribution >= 4 is 17.7 Å².